The average Bonchev–Trinajstić information content (AvgIpc) is 2.62. The molecule has 2 aromatic rings. The highest BCUT2D eigenvalue weighted by molar-refractivity contribution is 5.87. The molecule has 8 heteroatoms. The summed E-state index contributed by atoms with van der Waals surface area (Å²) in [4.78, 5) is 26.8. The number of pyridine rings is 1. The highest BCUT2D eigenvalue weighted by Crippen LogP contribution is 2.23. The zero-order valence-electron chi connectivity index (χ0n) is 14.5. The second-order valence-corrected chi connectivity index (χ2v) is 5.69. The van der Waals surface area contributed by atoms with E-state index < -0.39 is 10.5 Å². The second kappa shape index (κ2) is 8.07. The van der Waals surface area contributed by atoms with Crippen LogP contribution in [0.3, 0.4) is 0 Å². The molecule has 0 bridgehead atoms. The van der Waals surface area contributed by atoms with Gasteiger partial charge in [-0.15, -0.1) is 0 Å². The molecule has 26 heavy (non-hydrogen) atoms. The van der Waals surface area contributed by atoms with Crippen LogP contribution >= 0.6 is 0 Å². The third-order valence-electron chi connectivity index (χ3n) is 3.96. The first kappa shape index (κ1) is 18.9. The molecule has 134 valence electrons. The molecule has 0 saturated heterocycles. The summed E-state index contributed by atoms with van der Waals surface area (Å²) in [5.41, 5.74) is 0.178. The topological polar surface area (TPSA) is 122 Å². The molecule has 1 aromatic heterocycles. The Kier molecular flexibility index (Phi) is 5.86. The van der Waals surface area contributed by atoms with Crippen molar-refractivity contribution in [3.63, 3.8) is 0 Å². The van der Waals surface area contributed by atoms with E-state index in [4.69, 9.17) is 0 Å². The molecular weight excluding hydrogens is 336 g/mol. The largest absolute Gasteiger partial charge is 0.494 e. The highest BCUT2D eigenvalue weighted by Gasteiger charge is 2.17. The number of hydrogen-bond donors (Lipinski definition) is 1. The monoisotopic (exact) mass is 354 g/mol. The minimum atomic E-state index is -0.538. The quantitative estimate of drug-likeness (QED) is 0.485. The van der Waals surface area contributed by atoms with Crippen molar-refractivity contribution >= 4 is 17.6 Å². The number of nitriles is 1. The third-order valence-corrected chi connectivity index (χ3v) is 3.96. The van der Waals surface area contributed by atoms with Crippen LogP contribution in [0.4, 0.5) is 11.4 Å². The molecule has 0 spiro atoms. The van der Waals surface area contributed by atoms with Crippen molar-refractivity contribution in [1.29, 1.82) is 5.26 Å². The van der Waals surface area contributed by atoms with Crippen molar-refractivity contribution in [1.82, 2.24) is 4.57 Å². The van der Waals surface area contributed by atoms with Gasteiger partial charge in [0.2, 0.25) is 5.88 Å². The minimum Gasteiger partial charge on any atom is -0.494 e. The number of aromatic hydroxyl groups is 1. The van der Waals surface area contributed by atoms with Crippen molar-refractivity contribution in [2.24, 2.45) is 4.99 Å². The fourth-order valence-corrected chi connectivity index (χ4v) is 2.48. The first-order valence-corrected chi connectivity index (χ1v) is 8.05. The fourth-order valence-electron chi connectivity index (χ4n) is 2.48. The third kappa shape index (κ3) is 3.78. The number of nitrogens with zero attached hydrogens (tertiary/aromatic N) is 4. The van der Waals surface area contributed by atoms with Crippen molar-refractivity contribution in [2.45, 2.75) is 33.2 Å². The van der Waals surface area contributed by atoms with E-state index in [0.717, 1.165) is 11.0 Å². The van der Waals surface area contributed by atoms with E-state index in [0.29, 0.717) is 17.7 Å². The highest BCUT2D eigenvalue weighted by atomic mass is 16.6. The summed E-state index contributed by atoms with van der Waals surface area (Å²) in [6.45, 7) is 3.79. The molecule has 1 aromatic carbocycles. The van der Waals surface area contributed by atoms with Gasteiger partial charge in [-0.3, -0.25) is 24.5 Å². The van der Waals surface area contributed by atoms with Crippen molar-refractivity contribution in [2.75, 3.05) is 0 Å². The Morgan fingerprint density at radius 2 is 2.19 bits per heavy atom. The first-order chi connectivity index (χ1) is 12.4. The molecule has 1 N–H and O–H groups in total. The standard InChI is InChI=1S/C18H18N4O4/c1-3-4-8-21-17(23)15(10-19)12(2)16(18(21)24)11-20-13-6-5-7-14(9-13)22(25)26/h5-7,9,11,24H,3-4,8H2,1-2H3. The number of aromatic nitrogens is 1. The van der Waals surface area contributed by atoms with Gasteiger partial charge in [-0.2, -0.15) is 5.26 Å². The average molecular weight is 354 g/mol. The van der Waals surface area contributed by atoms with Gasteiger partial charge in [0.25, 0.3) is 11.2 Å². The molecule has 0 aliphatic rings. The Balaban J connectivity index is 2.55. The number of nitro groups is 1. The number of unbranched alkanes of at least 4 members (excludes halogenated alkanes) is 1. The van der Waals surface area contributed by atoms with Gasteiger partial charge in [-0.25, -0.2) is 0 Å². The molecule has 0 radical (unpaired) electrons. The molecule has 0 aliphatic carbocycles. The maximum absolute atomic E-state index is 12.4. The Morgan fingerprint density at radius 3 is 2.81 bits per heavy atom. The van der Waals surface area contributed by atoms with Crippen molar-refractivity contribution < 1.29 is 10.0 Å². The SMILES string of the molecule is CCCCn1c(O)c(C=Nc2cccc([N+](=O)[O-])c2)c(C)c(C#N)c1=O. The van der Waals surface area contributed by atoms with Crippen LogP contribution < -0.4 is 5.56 Å². The lowest BCUT2D eigenvalue weighted by molar-refractivity contribution is -0.384. The first-order valence-electron chi connectivity index (χ1n) is 8.05. The van der Waals surface area contributed by atoms with Crippen molar-refractivity contribution in [3.05, 3.63) is 61.4 Å². The molecule has 0 aliphatic heterocycles. The van der Waals surface area contributed by atoms with Crippen LogP contribution in [0, 0.1) is 28.4 Å². The molecule has 0 unspecified atom stereocenters. The smallest absolute Gasteiger partial charge is 0.271 e. The van der Waals surface area contributed by atoms with E-state index in [-0.39, 0.29) is 29.2 Å². The molecule has 0 amide bonds. The van der Waals surface area contributed by atoms with E-state index in [9.17, 15) is 25.3 Å². The van der Waals surface area contributed by atoms with E-state index in [1.165, 1.54) is 24.4 Å². The summed E-state index contributed by atoms with van der Waals surface area (Å²) in [5, 5.41) is 30.6. The summed E-state index contributed by atoms with van der Waals surface area (Å²) >= 11 is 0. The maximum Gasteiger partial charge on any atom is 0.271 e. The van der Waals surface area contributed by atoms with Gasteiger partial charge in [0.15, 0.2) is 0 Å². The van der Waals surface area contributed by atoms with E-state index in [1.54, 1.807) is 13.0 Å². The predicted octanol–water partition coefficient (Wildman–Crippen LogP) is 3.19. The van der Waals surface area contributed by atoms with Crippen LogP contribution in [-0.2, 0) is 6.54 Å². The molecule has 0 fully saturated rings. The Bertz CT molecular complexity index is 970. The minimum absolute atomic E-state index is 0.0561. The number of benzene rings is 1. The number of rotatable bonds is 6. The van der Waals surface area contributed by atoms with Crippen LogP contribution in [0.15, 0.2) is 34.1 Å². The van der Waals surface area contributed by atoms with Crippen LogP contribution in [0.2, 0.25) is 0 Å². The zero-order chi connectivity index (χ0) is 19.3. The van der Waals surface area contributed by atoms with Gasteiger partial charge in [0.1, 0.15) is 11.6 Å². The van der Waals surface area contributed by atoms with Gasteiger partial charge < -0.3 is 5.11 Å². The van der Waals surface area contributed by atoms with Crippen LogP contribution in [0.1, 0.15) is 36.5 Å². The summed E-state index contributed by atoms with van der Waals surface area (Å²) < 4.78 is 1.16. The summed E-state index contributed by atoms with van der Waals surface area (Å²) in [6.07, 6.45) is 2.80. The van der Waals surface area contributed by atoms with E-state index in [1.807, 2.05) is 13.0 Å². The molecule has 8 nitrogen and oxygen atoms in total. The van der Waals surface area contributed by atoms with E-state index in [2.05, 4.69) is 4.99 Å². The molecular formula is C18H18N4O4. The Labute approximate surface area is 149 Å². The van der Waals surface area contributed by atoms with Crippen LogP contribution in [0.25, 0.3) is 0 Å². The van der Waals surface area contributed by atoms with Gasteiger partial charge in [0, 0.05) is 24.9 Å². The number of hydrogen-bond acceptors (Lipinski definition) is 6. The van der Waals surface area contributed by atoms with Crippen LogP contribution in [-0.4, -0.2) is 20.8 Å². The second-order valence-electron chi connectivity index (χ2n) is 5.69. The molecule has 2 rings (SSSR count). The zero-order valence-corrected chi connectivity index (χ0v) is 14.5. The lowest BCUT2D eigenvalue weighted by Crippen LogP contribution is -2.25. The fraction of sp³-hybridized carbons (Fsp3) is 0.278. The van der Waals surface area contributed by atoms with Gasteiger partial charge in [-0.05, 0) is 25.0 Å². The predicted molar refractivity (Wildman–Crippen MR) is 97.1 cm³/mol. The Morgan fingerprint density at radius 1 is 1.46 bits per heavy atom. The summed E-state index contributed by atoms with van der Waals surface area (Å²) in [6, 6.07) is 7.59. The number of non-ortho nitro benzene ring substituents is 1. The van der Waals surface area contributed by atoms with Gasteiger partial charge >= 0.3 is 0 Å². The maximum atomic E-state index is 12.4. The number of nitro benzene ring substituents is 1. The number of aliphatic imine (C=N–C) groups is 1. The molecule has 0 saturated carbocycles. The van der Waals surface area contributed by atoms with Crippen molar-refractivity contribution in [3.8, 4) is 11.9 Å². The van der Waals surface area contributed by atoms with E-state index >= 15 is 0 Å². The lowest BCUT2D eigenvalue weighted by Gasteiger charge is -2.13. The van der Waals surface area contributed by atoms with Gasteiger partial charge in [0.05, 0.1) is 16.2 Å². The van der Waals surface area contributed by atoms with Gasteiger partial charge in [-0.1, -0.05) is 19.4 Å². The molecule has 1 heterocycles. The normalized spacial score (nSPS) is 10.8. The summed E-state index contributed by atoms with van der Waals surface area (Å²) in [5.74, 6) is -0.269. The Hall–Kier alpha value is -3.47. The lowest BCUT2D eigenvalue weighted by atomic mass is 10.1. The van der Waals surface area contributed by atoms with Crippen LogP contribution in [0.5, 0.6) is 5.88 Å². The summed E-state index contributed by atoms with van der Waals surface area (Å²) in [7, 11) is 0. The molecule has 0 atom stereocenters.